The molecular formula is C23H21IN2O6S. The number of aromatic nitrogens is 1. The van der Waals surface area contributed by atoms with Crippen LogP contribution in [0.3, 0.4) is 0 Å². The highest BCUT2D eigenvalue weighted by molar-refractivity contribution is 14.1. The Hall–Kier alpha value is -2.86. The van der Waals surface area contributed by atoms with E-state index in [1.165, 1.54) is 32.4 Å². The number of halogens is 1. The monoisotopic (exact) mass is 580 g/mol. The maximum Gasteiger partial charge on any atom is 0.274 e. The van der Waals surface area contributed by atoms with Crippen molar-refractivity contribution < 1.29 is 27.4 Å². The molecule has 0 bridgehead atoms. The molecule has 1 aromatic heterocycles. The van der Waals surface area contributed by atoms with Gasteiger partial charge >= 0.3 is 0 Å². The molecule has 10 heteroatoms. The zero-order chi connectivity index (χ0) is 23.8. The fourth-order valence-corrected chi connectivity index (χ4v) is 5.94. The van der Waals surface area contributed by atoms with Gasteiger partial charge in [-0.1, -0.05) is 6.07 Å². The highest BCUT2D eigenvalue weighted by Crippen LogP contribution is 2.47. The summed E-state index contributed by atoms with van der Waals surface area (Å²) in [4.78, 5) is 17.9. The highest BCUT2D eigenvalue weighted by Gasteiger charge is 2.47. The van der Waals surface area contributed by atoms with E-state index in [4.69, 9.17) is 14.2 Å². The minimum Gasteiger partial charge on any atom is -0.497 e. The number of carbonyl (C=O) groups excluding carboxylic acids is 1. The Labute approximate surface area is 205 Å². The number of carbonyl (C=O) groups is 1. The largest absolute Gasteiger partial charge is 0.497 e. The average Bonchev–Trinajstić information content (AvgIpc) is 3.10. The minimum atomic E-state index is -4.31. The lowest BCUT2D eigenvalue weighted by Crippen LogP contribution is -2.35. The number of sulfonamides is 1. The Bertz CT molecular complexity index is 1330. The number of anilines is 1. The Balaban J connectivity index is 1.91. The van der Waals surface area contributed by atoms with Crippen molar-refractivity contribution in [2.75, 3.05) is 25.1 Å². The predicted molar refractivity (Wildman–Crippen MR) is 131 cm³/mol. The molecule has 1 unspecified atom stereocenters. The molecule has 2 heterocycles. The number of benzene rings is 2. The normalized spacial score (nSPS) is 15.3. The van der Waals surface area contributed by atoms with Gasteiger partial charge in [-0.15, -0.1) is 0 Å². The molecule has 172 valence electrons. The number of ether oxygens (including phenoxy) is 3. The SMILES string of the molecule is CCOc1ncccc1C1C(=O)N(S(=O)(=O)c2ccc(OC)cc2OC)c2ccc(I)cc21. The molecule has 4 rings (SSSR count). The van der Waals surface area contributed by atoms with Crippen LogP contribution in [0.4, 0.5) is 5.69 Å². The topological polar surface area (TPSA) is 95.0 Å². The number of pyridine rings is 1. The second-order valence-electron chi connectivity index (χ2n) is 7.09. The fraction of sp³-hybridized carbons (Fsp3) is 0.217. The molecule has 0 aliphatic carbocycles. The predicted octanol–water partition coefficient (Wildman–Crippen LogP) is 3.97. The maximum atomic E-state index is 13.8. The molecular weight excluding hydrogens is 559 g/mol. The van der Waals surface area contributed by atoms with Crippen LogP contribution in [0.1, 0.15) is 24.0 Å². The van der Waals surface area contributed by atoms with E-state index in [1.54, 1.807) is 30.5 Å². The van der Waals surface area contributed by atoms with Crippen LogP contribution in [0, 0.1) is 3.57 Å². The molecule has 1 aliphatic rings. The molecule has 8 nitrogen and oxygen atoms in total. The van der Waals surface area contributed by atoms with Crippen LogP contribution in [0.15, 0.2) is 59.6 Å². The Morgan fingerprint density at radius 2 is 1.85 bits per heavy atom. The zero-order valence-corrected chi connectivity index (χ0v) is 21.1. The number of methoxy groups -OCH3 is 2. The maximum absolute atomic E-state index is 13.8. The first-order valence-electron chi connectivity index (χ1n) is 10.0. The van der Waals surface area contributed by atoms with Crippen molar-refractivity contribution in [3.8, 4) is 17.4 Å². The summed E-state index contributed by atoms with van der Waals surface area (Å²) >= 11 is 2.13. The average molecular weight is 580 g/mol. The summed E-state index contributed by atoms with van der Waals surface area (Å²) in [6, 6.07) is 13.0. The van der Waals surface area contributed by atoms with Gasteiger partial charge in [0.05, 0.1) is 32.4 Å². The Morgan fingerprint density at radius 1 is 1.06 bits per heavy atom. The Kier molecular flexibility index (Phi) is 6.48. The second kappa shape index (κ2) is 9.18. The van der Waals surface area contributed by atoms with Crippen LogP contribution in [0.5, 0.6) is 17.4 Å². The van der Waals surface area contributed by atoms with Gasteiger partial charge in [0.1, 0.15) is 16.4 Å². The zero-order valence-electron chi connectivity index (χ0n) is 18.1. The summed E-state index contributed by atoms with van der Waals surface area (Å²) in [6.07, 6.45) is 1.57. The standard InChI is InChI=1S/C23H21IN2O6S/c1-4-32-22-16(6-5-11-25-22)21-17-12-14(24)7-9-18(17)26(23(21)27)33(28,29)20-10-8-15(30-2)13-19(20)31-3/h5-13,21H,4H2,1-3H3. The first kappa shape index (κ1) is 23.3. The molecule has 33 heavy (non-hydrogen) atoms. The number of hydrogen-bond acceptors (Lipinski definition) is 7. The molecule has 1 aliphatic heterocycles. The van der Waals surface area contributed by atoms with Gasteiger partial charge < -0.3 is 14.2 Å². The van der Waals surface area contributed by atoms with Gasteiger partial charge in [-0.05, 0) is 71.5 Å². The van der Waals surface area contributed by atoms with E-state index in [9.17, 15) is 13.2 Å². The lowest BCUT2D eigenvalue weighted by Gasteiger charge is -2.20. The van der Waals surface area contributed by atoms with Crippen LogP contribution in [0.2, 0.25) is 0 Å². The molecule has 1 amide bonds. The molecule has 0 spiro atoms. The van der Waals surface area contributed by atoms with E-state index in [1.807, 2.05) is 13.0 Å². The molecule has 0 radical (unpaired) electrons. The van der Waals surface area contributed by atoms with E-state index in [0.717, 1.165) is 7.88 Å². The van der Waals surface area contributed by atoms with Gasteiger partial charge in [-0.25, -0.2) is 17.7 Å². The van der Waals surface area contributed by atoms with Gasteiger partial charge in [-0.2, -0.15) is 0 Å². The Morgan fingerprint density at radius 3 is 2.55 bits per heavy atom. The van der Waals surface area contributed by atoms with Crippen LogP contribution in [-0.2, 0) is 14.8 Å². The smallest absolute Gasteiger partial charge is 0.274 e. The fourth-order valence-electron chi connectivity index (χ4n) is 3.83. The summed E-state index contributed by atoms with van der Waals surface area (Å²) in [5, 5.41) is 0. The molecule has 1 atom stereocenters. The van der Waals surface area contributed by atoms with Crippen molar-refractivity contribution in [1.82, 2.24) is 4.98 Å². The molecule has 0 saturated heterocycles. The molecule has 0 fully saturated rings. The van der Waals surface area contributed by atoms with E-state index in [0.29, 0.717) is 29.4 Å². The summed E-state index contributed by atoms with van der Waals surface area (Å²) in [7, 11) is -1.47. The van der Waals surface area contributed by atoms with Gasteiger partial charge in [0.25, 0.3) is 15.9 Å². The lowest BCUT2D eigenvalue weighted by molar-refractivity contribution is -0.117. The van der Waals surface area contributed by atoms with Crippen LogP contribution >= 0.6 is 22.6 Å². The van der Waals surface area contributed by atoms with E-state index in [-0.39, 0.29) is 16.3 Å². The van der Waals surface area contributed by atoms with E-state index in [2.05, 4.69) is 27.6 Å². The number of rotatable bonds is 7. The van der Waals surface area contributed by atoms with Crippen molar-refractivity contribution in [2.24, 2.45) is 0 Å². The quantitative estimate of drug-likeness (QED) is 0.391. The van der Waals surface area contributed by atoms with Gasteiger partial charge in [0.2, 0.25) is 5.88 Å². The number of hydrogen-bond donors (Lipinski definition) is 0. The number of fused-ring (bicyclic) bond motifs is 1. The number of nitrogens with zero attached hydrogens (tertiary/aromatic N) is 2. The first-order valence-corrected chi connectivity index (χ1v) is 12.5. The summed E-state index contributed by atoms with van der Waals surface area (Å²) in [5.74, 6) is -0.690. The number of amides is 1. The third-order valence-electron chi connectivity index (χ3n) is 5.25. The van der Waals surface area contributed by atoms with Crippen molar-refractivity contribution in [2.45, 2.75) is 17.7 Å². The van der Waals surface area contributed by atoms with Crippen molar-refractivity contribution in [3.05, 3.63) is 69.4 Å². The van der Waals surface area contributed by atoms with Crippen molar-refractivity contribution in [1.29, 1.82) is 0 Å². The highest BCUT2D eigenvalue weighted by atomic mass is 127. The third kappa shape index (κ3) is 4.01. The van der Waals surface area contributed by atoms with Crippen molar-refractivity contribution in [3.63, 3.8) is 0 Å². The van der Waals surface area contributed by atoms with Crippen LogP contribution in [-0.4, -0.2) is 40.1 Å². The van der Waals surface area contributed by atoms with E-state index < -0.39 is 21.8 Å². The lowest BCUT2D eigenvalue weighted by atomic mass is 9.93. The molecule has 3 aromatic rings. The minimum absolute atomic E-state index is 0.0778. The van der Waals surface area contributed by atoms with E-state index >= 15 is 0 Å². The van der Waals surface area contributed by atoms with Gasteiger partial charge in [0.15, 0.2) is 0 Å². The van der Waals surface area contributed by atoms with Crippen molar-refractivity contribution >= 4 is 44.2 Å². The third-order valence-corrected chi connectivity index (χ3v) is 7.67. The summed E-state index contributed by atoms with van der Waals surface area (Å²) in [6.45, 7) is 2.17. The molecule has 0 N–H and O–H groups in total. The second-order valence-corrected chi connectivity index (χ2v) is 10.1. The first-order chi connectivity index (χ1) is 15.8. The van der Waals surface area contributed by atoms with Gasteiger partial charge in [-0.3, -0.25) is 4.79 Å². The summed E-state index contributed by atoms with van der Waals surface area (Å²) < 4.78 is 45.4. The molecule has 2 aromatic carbocycles. The van der Waals surface area contributed by atoms with Crippen LogP contribution < -0.4 is 18.5 Å². The summed E-state index contributed by atoms with van der Waals surface area (Å²) in [5.41, 5.74) is 1.36. The molecule has 0 saturated carbocycles. The van der Waals surface area contributed by atoms with Gasteiger partial charge in [0, 0.05) is 21.4 Å². The van der Waals surface area contributed by atoms with Crippen LogP contribution in [0.25, 0.3) is 0 Å².